The Morgan fingerprint density at radius 3 is 2.50 bits per heavy atom. The number of hydrogen-bond donors (Lipinski definition) is 1. The molecule has 0 fully saturated rings. The molecule has 1 amide bonds. The minimum absolute atomic E-state index is 0.141. The highest BCUT2D eigenvalue weighted by molar-refractivity contribution is 7.14. The van der Waals surface area contributed by atoms with Gasteiger partial charge in [0, 0.05) is 22.9 Å². The maximum Gasteiger partial charge on any atom is 0.416 e. The zero-order chi connectivity index (χ0) is 17.2. The molecule has 3 nitrogen and oxygen atoms in total. The topological polar surface area (TPSA) is 42.0 Å². The van der Waals surface area contributed by atoms with Crippen LogP contribution in [0.1, 0.15) is 21.6 Å². The van der Waals surface area contributed by atoms with Gasteiger partial charge < -0.3 is 5.32 Å². The third-order valence-electron chi connectivity index (χ3n) is 3.24. The van der Waals surface area contributed by atoms with E-state index in [1.54, 1.807) is 16.7 Å². The van der Waals surface area contributed by atoms with Gasteiger partial charge in [0.2, 0.25) is 0 Å². The van der Waals surface area contributed by atoms with Crippen LogP contribution in [0.25, 0.3) is 10.6 Å². The molecule has 8 heteroatoms. The van der Waals surface area contributed by atoms with Crippen LogP contribution in [0.4, 0.5) is 13.2 Å². The first kappa shape index (κ1) is 16.7. The minimum Gasteiger partial charge on any atom is -0.347 e. The summed E-state index contributed by atoms with van der Waals surface area (Å²) in [4.78, 5) is 16.4. The molecule has 3 rings (SSSR count). The molecule has 3 aromatic rings. The van der Waals surface area contributed by atoms with Crippen molar-refractivity contribution in [3.63, 3.8) is 0 Å². The van der Waals surface area contributed by atoms with Gasteiger partial charge in [-0.25, -0.2) is 4.98 Å². The number of hydrogen-bond acceptors (Lipinski definition) is 4. The molecule has 0 unspecified atom stereocenters. The first-order chi connectivity index (χ1) is 11.4. The van der Waals surface area contributed by atoms with Crippen molar-refractivity contribution >= 4 is 28.6 Å². The Morgan fingerprint density at radius 2 is 1.88 bits per heavy atom. The normalized spacial score (nSPS) is 11.5. The van der Waals surface area contributed by atoms with Gasteiger partial charge in [0.15, 0.2) is 0 Å². The molecule has 0 aliphatic rings. The van der Waals surface area contributed by atoms with Crippen LogP contribution in [-0.4, -0.2) is 10.9 Å². The summed E-state index contributed by atoms with van der Waals surface area (Å²) in [5.74, 6) is -0.354. The number of thiazole rings is 1. The third kappa shape index (κ3) is 3.82. The highest BCUT2D eigenvalue weighted by Gasteiger charge is 2.29. The fourth-order valence-corrected chi connectivity index (χ4v) is 3.49. The van der Waals surface area contributed by atoms with Crippen molar-refractivity contribution in [1.29, 1.82) is 0 Å². The van der Waals surface area contributed by atoms with E-state index >= 15 is 0 Å². The number of alkyl halides is 3. The van der Waals surface area contributed by atoms with Crippen LogP contribution >= 0.6 is 22.7 Å². The molecule has 0 aliphatic heterocycles. The molecule has 0 bridgehead atoms. The fraction of sp³-hybridized carbons (Fsp3) is 0.125. The maximum absolute atomic E-state index is 12.5. The van der Waals surface area contributed by atoms with Crippen molar-refractivity contribution < 1.29 is 18.0 Å². The van der Waals surface area contributed by atoms with Crippen molar-refractivity contribution in [3.05, 3.63) is 63.3 Å². The lowest BCUT2D eigenvalue weighted by Gasteiger charge is -2.08. The molecule has 0 atom stereocenters. The molecule has 0 radical (unpaired) electrons. The summed E-state index contributed by atoms with van der Waals surface area (Å²) < 4.78 is 37.5. The number of thiophene rings is 1. The number of aromatic nitrogens is 1. The summed E-state index contributed by atoms with van der Waals surface area (Å²) in [5.41, 5.74) is 1.14. The number of carbonyl (C=O) groups is 1. The largest absolute Gasteiger partial charge is 0.416 e. The van der Waals surface area contributed by atoms with Crippen LogP contribution in [0, 0.1) is 0 Å². The molecule has 1 aromatic carbocycles. The summed E-state index contributed by atoms with van der Waals surface area (Å²) >= 11 is 2.92. The van der Waals surface area contributed by atoms with Crippen LogP contribution in [0.3, 0.4) is 0 Å². The second kappa shape index (κ2) is 6.74. The third-order valence-corrected chi connectivity index (χ3v) is 4.81. The Hall–Kier alpha value is -2.19. The summed E-state index contributed by atoms with van der Waals surface area (Å²) in [5, 5.41) is 8.96. The number of rotatable bonds is 4. The summed E-state index contributed by atoms with van der Waals surface area (Å²) in [6.07, 6.45) is -4.36. The Labute approximate surface area is 143 Å². The molecule has 124 valence electrons. The van der Waals surface area contributed by atoms with E-state index in [0.29, 0.717) is 11.3 Å². The number of halogens is 3. The van der Waals surface area contributed by atoms with E-state index in [0.717, 1.165) is 22.7 Å². The average molecular weight is 368 g/mol. The van der Waals surface area contributed by atoms with Gasteiger partial charge in [-0.1, -0.05) is 12.1 Å². The van der Waals surface area contributed by atoms with Crippen molar-refractivity contribution in [2.45, 2.75) is 12.7 Å². The highest BCUT2D eigenvalue weighted by atomic mass is 32.1. The monoisotopic (exact) mass is 368 g/mol. The number of nitrogens with zero attached hydrogens (tertiary/aromatic N) is 1. The number of amides is 1. The van der Waals surface area contributed by atoms with Crippen molar-refractivity contribution in [3.8, 4) is 10.6 Å². The van der Waals surface area contributed by atoms with Gasteiger partial charge >= 0.3 is 6.18 Å². The first-order valence-corrected chi connectivity index (χ1v) is 8.68. The fourth-order valence-electron chi connectivity index (χ4n) is 1.98. The van der Waals surface area contributed by atoms with Gasteiger partial charge in [0.25, 0.3) is 5.91 Å². The lowest BCUT2D eigenvalue weighted by molar-refractivity contribution is -0.137. The summed E-state index contributed by atoms with van der Waals surface area (Å²) in [6.45, 7) is 0.141. The van der Waals surface area contributed by atoms with Crippen molar-refractivity contribution in [1.82, 2.24) is 10.3 Å². The van der Waals surface area contributed by atoms with E-state index < -0.39 is 11.7 Å². The quantitative estimate of drug-likeness (QED) is 0.717. The molecule has 0 saturated carbocycles. The highest BCUT2D eigenvalue weighted by Crippen LogP contribution is 2.29. The molecule has 24 heavy (non-hydrogen) atoms. The van der Waals surface area contributed by atoms with E-state index in [-0.39, 0.29) is 12.5 Å². The second-order valence-corrected chi connectivity index (χ2v) is 6.57. The Kier molecular flexibility index (Phi) is 4.68. The van der Waals surface area contributed by atoms with Gasteiger partial charge in [0.05, 0.1) is 5.56 Å². The van der Waals surface area contributed by atoms with E-state index in [1.807, 2.05) is 16.8 Å². The molecule has 2 aromatic heterocycles. The zero-order valence-electron chi connectivity index (χ0n) is 12.1. The van der Waals surface area contributed by atoms with Crippen molar-refractivity contribution in [2.75, 3.05) is 0 Å². The van der Waals surface area contributed by atoms with E-state index in [2.05, 4.69) is 10.3 Å². The Bertz CT molecular complexity index is 824. The second-order valence-electron chi connectivity index (χ2n) is 4.93. The smallest absolute Gasteiger partial charge is 0.347 e. The molecule has 0 spiro atoms. The van der Waals surface area contributed by atoms with E-state index in [1.165, 1.54) is 23.5 Å². The Morgan fingerprint density at radius 1 is 1.12 bits per heavy atom. The van der Waals surface area contributed by atoms with Crippen molar-refractivity contribution in [2.24, 2.45) is 0 Å². The molecular weight excluding hydrogens is 357 g/mol. The Balaban J connectivity index is 1.61. The predicted octanol–water partition coefficient (Wildman–Crippen LogP) is 4.82. The molecule has 0 saturated heterocycles. The first-order valence-electron chi connectivity index (χ1n) is 6.86. The number of benzene rings is 1. The van der Waals surface area contributed by atoms with Crippen LogP contribution in [0.5, 0.6) is 0 Å². The van der Waals surface area contributed by atoms with Crippen LogP contribution < -0.4 is 5.32 Å². The lowest BCUT2D eigenvalue weighted by atomic mass is 10.1. The molecule has 0 aliphatic carbocycles. The molecule has 2 heterocycles. The lowest BCUT2D eigenvalue weighted by Crippen LogP contribution is -2.23. The van der Waals surface area contributed by atoms with E-state index in [4.69, 9.17) is 0 Å². The minimum atomic E-state index is -4.36. The van der Waals surface area contributed by atoms with Crippen LogP contribution in [0.2, 0.25) is 0 Å². The zero-order valence-corrected chi connectivity index (χ0v) is 13.8. The van der Waals surface area contributed by atoms with Crippen LogP contribution in [0.15, 0.2) is 46.5 Å². The van der Waals surface area contributed by atoms with E-state index in [9.17, 15) is 18.0 Å². The van der Waals surface area contributed by atoms with Gasteiger partial charge in [-0.15, -0.1) is 11.3 Å². The SMILES string of the molecule is O=C(NCc1ccc(C(F)(F)F)cc1)c1csc(-c2ccsc2)n1. The number of carbonyl (C=O) groups excluding carboxylic acids is 1. The molecule has 1 N–H and O–H groups in total. The number of nitrogens with one attached hydrogen (secondary N) is 1. The maximum atomic E-state index is 12.5. The molecular formula is C16H11F3N2OS2. The van der Waals surface area contributed by atoms with Gasteiger partial charge in [-0.3, -0.25) is 4.79 Å². The standard InChI is InChI=1S/C16H11F3N2OS2/c17-16(18,19)12-3-1-10(2-4-12)7-20-14(22)13-9-24-15(21-13)11-5-6-23-8-11/h1-6,8-9H,7H2,(H,20,22). The van der Waals surface area contributed by atoms with Gasteiger partial charge in [-0.05, 0) is 29.1 Å². The van der Waals surface area contributed by atoms with Crippen LogP contribution in [-0.2, 0) is 12.7 Å². The average Bonchev–Trinajstić information content (AvgIpc) is 3.22. The summed E-state index contributed by atoms with van der Waals surface area (Å²) in [6, 6.07) is 6.62. The summed E-state index contributed by atoms with van der Waals surface area (Å²) in [7, 11) is 0. The van der Waals surface area contributed by atoms with Gasteiger partial charge in [0.1, 0.15) is 10.7 Å². The predicted molar refractivity (Wildman–Crippen MR) is 88.0 cm³/mol. The van der Waals surface area contributed by atoms with Gasteiger partial charge in [-0.2, -0.15) is 24.5 Å².